The molecular weight excluding hydrogens is 495 g/mol. The molecule has 4 aromatic rings. The zero-order valence-electron chi connectivity index (χ0n) is 21.5. The molecule has 0 spiro atoms. The molecule has 2 N–H and O–H groups in total. The molecular formula is C28H30F3N5O2. The predicted octanol–water partition coefficient (Wildman–Crippen LogP) is 5.39. The third-order valence-corrected chi connectivity index (χ3v) is 7.05. The average molecular weight is 526 g/mol. The molecule has 5 rings (SSSR count). The molecule has 1 atom stereocenters. The third-order valence-electron chi connectivity index (χ3n) is 7.05. The molecule has 0 saturated heterocycles. The Labute approximate surface area is 218 Å². The van der Waals surface area contributed by atoms with E-state index in [9.17, 15) is 18.3 Å². The molecule has 0 radical (unpaired) electrons. The number of rotatable bonds is 8. The van der Waals surface area contributed by atoms with Gasteiger partial charge in [-0.2, -0.15) is 18.3 Å². The minimum Gasteiger partial charge on any atom is -0.493 e. The maximum absolute atomic E-state index is 14.4. The standard InChI is InChI=1S/C28H30F3N5O2/c1-4-22-34-24(20-15-33-36(25(20)35-22)19-10-6-5-7-11-19)32-17-27(37,28(29,30)31)16-26(2,3)21-12-8-9-18-13-14-38-23(18)21/h5-12,15,37H,4,13-14,16-17H2,1-3H3,(H,32,34,35). The fourth-order valence-electron chi connectivity index (χ4n) is 5.07. The fraction of sp³-hybridized carbons (Fsp3) is 0.393. The van der Waals surface area contributed by atoms with Gasteiger partial charge in [-0.05, 0) is 29.5 Å². The summed E-state index contributed by atoms with van der Waals surface area (Å²) in [4.78, 5) is 9.01. The van der Waals surface area contributed by atoms with Crippen molar-refractivity contribution in [1.29, 1.82) is 0 Å². The van der Waals surface area contributed by atoms with E-state index in [0.29, 0.717) is 47.6 Å². The Hall–Kier alpha value is -3.66. The number of benzene rings is 2. The lowest BCUT2D eigenvalue weighted by Gasteiger charge is -2.38. The maximum atomic E-state index is 14.4. The molecule has 2 aromatic carbocycles. The van der Waals surface area contributed by atoms with Gasteiger partial charge in [0, 0.05) is 18.4 Å². The second kappa shape index (κ2) is 9.58. The summed E-state index contributed by atoms with van der Waals surface area (Å²) < 4.78 is 50.7. The Kier molecular flexibility index (Phi) is 6.54. The molecule has 7 nitrogen and oxygen atoms in total. The molecule has 200 valence electrons. The van der Waals surface area contributed by atoms with Crippen molar-refractivity contribution in [2.75, 3.05) is 18.5 Å². The number of para-hydroxylation sites is 2. The number of nitrogens with one attached hydrogen (secondary N) is 1. The predicted molar refractivity (Wildman–Crippen MR) is 139 cm³/mol. The first-order valence-corrected chi connectivity index (χ1v) is 12.6. The zero-order chi connectivity index (χ0) is 27.1. The van der Waals surface area contributed by atoms with Crippen LogP contribution in [0.5, 0.6) is 5.75 Å². The lowest BCUT2D eigenvalue weighted by atomic mass is 9.74. The second-order valence-electron chi connectivity index (χ2n) is 10.3. The zero-order valence-corrected chi connectivity index (χ0v) is 21.5. The largest absolute Gasteiger partial charge is 0.493 e. The molecule has 1 aliphatic heterocycles. The molecule has 0 bridgehead atoms. The van der Waals surface area contributed by atoms with E-state index in [1.54, 1.807) is 24.6 Å². The normalized spacial score (nSPS) is 15.2. The van der Waals surface area contributed by atoms with E-state index in [0.717, 1.165) is 11.3 Å². The van der Waals surface area contributed by atoms with Gasteiger partial charge in [0.15, 0.2) is 11.2 Å². The van der Waals surface area contributed by atoms with E-state index in [2.05, 4.69) is 20.4 Å². The molecule has 10 heteroatoms. The second-order valence-corrected chi connectivity index (χ2v) is 10.3. The number of halogens is 3. The summed E-state index contributed by atoms with van der Waals surface area (Å²) in [7, 11) is 0. The van der Waals surface area contributed by atoms with E-state index in [1.807, 2.05) is 49.4 Å². The molecule has 0 fully saturated rings. The first-order valence-electron chi connectivity index (χ1n) is 12.6. The van der Waals surface area contributed by atoms with Gasteiger partial charge in [-0.15, -0.1) is 0 Å². The van der Waals surface area contributed by atoms with Gasteiger partial charge >= 0.3 is 6.18 Å². The topological polar surface area (TPSA) is 85.1 Å². The number of anilines is 1. The minimum absolute atomic E-state index is 0.193. The maximum Gasteiger partial charge on any atom is 0.418 e. The van der Waals surface area contributed by atoms with Crippen molar-refractivity contribution in [1.82, 2.24) is 19.7 Å². The van der Waals surface area contributed by atoms with Crippen LogP contribution in [0.1, 0.15) is 44.1 Å². The quantitative estimate of drug-likeness (QED) is 0.321. The number of aryl methyl sites for hydroxylation is 1. The van der Waals surface area contributed by atoms with Crippen LogP contribution < -0.4 is 10.1 Å². The average Bonchev–Trinajstić information content (AvgIpc) is 3.54. The Balaban J connectivity index is 1.48. The fourth-order valence-corrected chi connectivity index (χ4v) is 5.07. The summed E-state index contributed by atoms with van der Waals surface area (Å²) in [6.07, 6.45) is -2.77. The summed E-state index contributed by atoms with van der Waals surface area (Å²) in [5.41, 5.74) is -1.22. The number of ether oxygens (including phenoxy) is 1. The van der Waals surface area contributed by atoms with Crippen molar-refractivity contribution in [3.8, 4) is 11.4 Å². The minimum atomic E-state index is -4.90. The van der Waals surface area contributed by atoms with Crippen molar-refractivity contribution in [3.05, 3.63) is 71.7 Å². The van der Waals surface area contributed by atoms with Crippen LogP contribution >= 0.6 is 0 Å². The van der Waals surface area contributed by atoms with E-state index in [4.69, 9.17) is 4.74 Å². The van der Waals surface area contributed by atoms with Crippen molar-refractivity contribution in [3.63, 3.8) is 0 Å². The Morgan fingerprint density at radius 2 is 1.82 bits per heavy atom. The monoisotopic (exact) mass is 525 g/mol. The molecule has 3 heterocycles. The van der Waals surface area contributed by atoms with Crippen LogP contribution in [-0.4, -0.2) is 49.8 Å². The number of hydrogen-bond donors (Lipinski definition) is 2. The highest BCUT2D eigenvalue weighted by molar-refractivity contribution is 5.87. The van der Waals surface area contributed by atoms with Gasteiger partial charge in [0.05, 0.1) is 30.4 Å². The third kappa shape index (κ3) is 4.69. The van der Waals surface area contributed by atoms with E-state index >= 15 is 0 Å². The van der Waals surface area contributed by atoms with Crippen LogP contribution in [-0.2, 0) is 18.3 Å². The SMILES string of the molecule is CCc1nc(NCC(O)(CC(C)(C)c2cccc3c2OCC3)C(F)(F)F)c2cnn(-c3ccccc3)c2n1. The van der Waals surface area contributed by atoms with Crippen molar-refractivity contribution >= 4 is 16.9 Å². The van der Waals surface area contributed by atoms with Gasteiger partial charge in [-0.1, -0.05) is 57.2 Å². The molecule has 38 heavy (non-hydrogen) atoms. The van der Waals surface area contributed by atoms with Crippen LogP contribution in [0.2, 0.25) is 0 Å². The number of aliphatic hydroxyl groups is 1. The lowest BCUT2D eigenvalue weighted by molar-refractivity contribution is -0.260. The van der Waals surface area contributed by atoms with Crippen molar-refractivity contribution in [2.45, 2.75) is 57.2 Å². The summed E-state index contributed by atoms with van der Waals surface area (Å²) in [5.74, 6) is 1.26. The number of hydrogen-bond acceptors (Lipinski definition) is 6. The highest BCUT2D eigenvalue weighted by atomic mass is 19.4. The summed E-state index contributed by atoms with van der Waals surface area (Å²) in [6.45, 7) is 4.96. The molecule has 1 unspecified atom stereocenters. The van der Waals surface area contributed by atoms with Crippen LogP contribution in [0, 0.1) is 0 Å². The van der Waals surface area contributed by atoms with Gasteiger partial charge in [0.1, 0.15) is 17.4 Å². The van der Waals surface area contributed by atoms with Gasteiger partial charge in [-0.25, -0.2) is 14.6 Å². The molecule has 0 aliphatic carbocycles. The van der Waals surface area contributed by atoms with Crippen LogP contribution in [0.3, 0.4) is 0 Å². The Morgan fingerprint density at radius 3 is 2.53 bits per heavy atom. The number of fused-ring (bicyclic) bond motifs is 2. The molecule has 0 amide bonds. The summed E-state index contributed by atoms with van der Waals surface area (Å²) >= 11 is 0. The van der Waals surface area contributed by atoms with E-state index < -0.39 is 30.2 Å². The Bertz CT molecular complexity index is 1450. The van der Waals surface area contributed by atoms with Crippen LogP contribution in [0.25, 0.3) is 16.7 Å². The van der Waals surface area contributed by atoms with Crippen LogP contribution in [0.4, 0.5) is 19.0 Å². The molecule has 1 aliphatic rings. The summed E-state index contributed by atoms with van der Waals surface area (Å²) in [5, 5.41) is 18.8. The molecule has 0 saturated carbocycles. The Morgan fingerprint density at radius 1 is 1.05 bits per heavy atom. The van der Waals surface area contributed by atoms with Gasteiger partial charge in [0.2, 0.25) is 0 Å². The first-order chi connectivity index (χ1) is 18.0. The number of nitrogens with zero attached hydrogens (tertiary/aromatic N) is 4. The lowest BCUT2D eigenvalue weighted by Crippen LogP contribution is -2.53. The van der Waals surface area contributed by atoms with Gasteiger partial charge < -0.3 is 15.2 Å². The highest BCUT2D eigenvalue weighted by Gasteiger charge is 2.56. The number of aromatic nitrogens is 4. The van der Waals surface area contributed by atoms with Crippen LogP contribution in [0.15, 0.2) is 54.7 Å². The van der Waals surface area contributed by atoms with Crippen molar-refractivity contribution < 1.29 is 23.0 Å². The van der Waals surface area contributed by atoms with E-state index in [1.165, 1.54) is 6.20 Å². The smallest absolute Gasteiger partial charge is 0.418 e. The van der Waals surface area contributed by atoms with Crippen molar-refractivity contribution in [2.24, 2.45) is 0 Å². The first kappa shape index (κ1) is 26.0. The highest BCUT2D eigenvalue weighted by Crippen LogP contribution is 2.45. The molecule has 2 aromatic heterocycles. The summed E-state index contributed by atoms with van der Waals surface area (Å²) in [6, 6.07) is 14.8. The van der Waals surface area contributed by atoms with Gasteiger partial charge in [0.25, 0.3) is 0 Å². The van der Waals surface area contributed by atoms with Gasteiger partial charge in [-0.3, -0.25) is 0 Å². The number of alkyl halides is 3. The van der Waals surface area contributed by atoms with E-state index in [-0.39, 0.29) is 5.82 Å².